The molecule has 0 radical (unpaired) electrons. The minimum atomic E-state index is -0.332. The van der Waals surface area contributed by atoms with E-state index in [9.17, 15) is 9.90 Å². The SMILES string of the molecule is CC(C)Oc1ccc(C(=O)N2CCC3(CC2)C[C@@H](OC(C)C)c2ccccc2O3)cc1O.[HH]. The second-order valence-electron chi connectivity index (χ2n) is 9.34. The molecule has 174 valence electrons. The average molecular weight is 442 g/mol. The van der Waals surface area contributed by atoms with Crippen molar-refractivity contribution in [1.82, 2.24) is 4.90 Å². The largest absolute Gasteiger partial charge is 0.504 e. The Morgan fingerprint density at radius 2 is 1.84 bits per heavy atom. The first-order valence-electron chi connectivity index (χ1n) is 11.5. The molecule has 1 fully saturated rings. The average Bonchev–Trinajstić information content (AvgIpc) is 2.74. The molecule has 1 atom stereocenters. The van der Waals surface area contributed by atoms with E-state index in [1.54, 1.807) is 12.1 Å². The molecule has 2 aliphatic rings. The number of hydrogen-bond donors (Lipinski definition) is 1. The second kappa shape index (κ2) is 9.02. The number of fused-ring (bicyclic) bond motifs is 1. The molecule has 4 rings (SSSR count). The summed E-state index contributed by atoms with van der Waals surface area (Å²) < 4.78 is 18.3. The fraction of sp³-hybridized carbons (Fsp3) is 0.500. The third kappa shape index (κ3) is 4.70. The number of phenolic OH excluding ortho intramolecular Hbond substituents is 1. The molecule has 6 nitrogen and oxygen atoms in total. The van der Waals surface area contributed by atoms with Crippen LogP contribution >= 0.6 is 0 Å². The zero-order valence-electron chi connectivity index (χ0n) is 19.3. The Kier molecular flexibility index (Phi) is 6.33. The summed E-state index contributed by atoms with van der Waals surface area (Å²) in [6, 6.07) is 12.9. The molecule has 0 bridgehead atoms. The molecule has 2 aromatic carbocycles. The van der Waals surface area contributed by atoms with Gasteiger partial charge in [0.25, 0.3) is 5.91 Å². The number of aromatic hydroxyl groups is 1. The van der Waals surface area contributed by atoms with Crippen molar-refractivity contribution in [2.24, 2.45) is 0 Å². The lowest BCUT2D eigenvalue weighted by atomic mass is 9.81. The van der Waals surface area contributed by atoms with Crippen LogP contribution in [0.3, 0.4) is 0 Å². The lowest BCUT2D eigenvalue weighted by Gasteiger charge is -2.47. The fourth-order valence-corrected chi connectivity index (χ4v) is 4.62. The molecule has 1 saturated heterocycles. The molecule has 1 amide bonds. The molecule has 0 unspecified atom stereocenters. The number of amides is 1. The Hall–Kier alpha value is -2.73. The van der Waals surface area contributed by atoms with E-state index in [4.69, 9.17) is 14.2 Å². The maximum absolute atomic E-state index is 13.1. The van der Waals surface area contributed by atoms with Crippen LogP contribution < -0.4 is 9.47 Å². The summed E-state index contributed by atoms with van der Waals surface area (Å²) in [6.07, 6.45) is 2.33. The summed E-state index contributed by atoms with van der Waals surface area (Å²) >= 11 is 0. The summed E-state index contributed by atoms with van der Waals surface area (Å²) in [6.45, 7) is 9.09. The maximum atomic E-state index is 13.1. The van der Waals surface area contributed by atoms with Crippen LogP contribution in [0.4, 0.5) is 0 Å². The van der Waals surface area contributed by atoms with Gasteiger partial charge in [0.15, 0.2) is 11.5 Å². The van der Waals surface area contributed by atoms with Crippen molar-refractivity contribution in [1.29, 1.82) is 0 Å². The molecule has 0 aliphatic carbocycles. The van der Waals surface area contributed by atoms with Crippen molar-refractivity contribution in [2.45, 2.75) is 70.9 Å². The zero-order valence-corrected chi connectivity index (χ0v) is 19.3. The van der Waals surface area contributed by atoms with E-state index < -0.39 is 0 Å². The minimum absolute atomic E-state index is 0. The highest BCUT2D eigenvalue weighted by Gasteiger charge is 2.44. The van der Waals surface area contributed by atoms with E-state index >= 15 is 0 Å². The molecule has 0 saturated carbocycles. The van der Waals surface area contributed by atoms with Crippen LogP contribution in [-0.2, 0) is 4.74 Å². The third-order valence-electron chi connectivity index (χ3n) is 6.12. The van der Waals surface area contributed by atoms with Crippen LogP contribution in [0, 0.1) is 0 Å². The first-order chi connectivity index (χ1) is 15.3. The number of nitrogens with zero attached hydrogens (tertiary/aromatic N) is 1. The summed E-state index contributed by atoms with van der Waals surface area (Å²) in [5.74, 6) is 1.17. The van der Waals surface area contributed by atoms with E-state index in [0.717, 1.165) is 30.6 Å². The Bertz CT molecular complexity index is 969. The Morgan fingerprint density at radius 1 is 1.12 bits per heavy atom. The van der Waals surface area contributed by atoms with Gasteiger partial charge >= 0.3 is 0 Å². The smallest absolute Gasteiger partial charge is 0.253 e. The first kappa shape index (κ1) is 22.5. The molecular formula is C26H35NO5. The number of phenols is 1. The zero-order chi connectivity index (χ0) is 22.9. The lowest BCUT2D eigenvalue weighted by molar-refractivity contribution is -0.0872. The Labute approximate surface area is 191 Å². The number of para-hydroxylation sites is 1. The number of ether oxygens (including phenoxy) is 3. The normalized spacial score (nSPS) is 19.7. The highest BCUT2D eigenvalue weighted by atomic mass is 16.5. The van der Waals surface area contributed by atoms with Gasteiger partial charge in [-0.3, -0.25) is 4.79 Å². The van der Waals surface area contributed by atoms with E-state index in [0.29, 0.717) is 24.4 Å². The number of piperidine rings is 1. The fourth-order valence-electron chi connectivity index (χ4n) is 4.62. The van der Waals surface area contributed by atoms with E-state index in [1.165, 1.54) is 6.07 Å². The quantitative estimate of drug-likeness (QED) is 0.677. The standard InChI is InChI=1S/C26H33NO5.H2/c1-17(2)30-23-10-9-19(15-21(23)28)25(29)27-13-11-26(12-14-27)16-24(31-18(3)4)20-7-5-6-8-22(20)32-26;/h5-10,15,17-18,24,28H,11-14,16H2,1-4H3;1H/t24-;/m1./s1. The van der Waals surface area contributed by atoms with Crippen molar-refractivity contribution in [3.05, 3.63) is 53.6 Å². The highest BCUT2D eigenvalue weighted by Crippen LogP contribution is 2.46. The van der Waals surface area contributed by atoms with Gasteiger partial charge in [0, 0.05) is 44.9 Å². The molecule has 6 heteroatoms. The number of benzene rings is 2. The molecule has 1 N–H and O–H groups in total. The van der Waals surface area contributed by atoms with Crippen LogP contribution in [0.1, 0.15) is 70.4 Å². The van der Waals surface area contributed by atoms with Crippen LogP contribution in [0.15, 0.2) is 42.5 Å². The number of likely N-dealkylation sites (tertiary alicyclic amines) is 1. The monoisotopic (exact) mass is 441 g/mol. The van der Waals surface area contributed by atoms with Gasteiger partial charge in [-0.25, -0.2) is 0 Å². The van der Waals surface area contributed by atoms with Crippen molar-refractivity contribution >= 4 is 5.91 Å². The van der Waals surface area contributed by atoms with Gasteiger partial charge in [-0.2, -0.15) is 0 Å². The lowest BCUT2D eigenvalue weighted by Crippen LogP contribution is -2.52. The van der Waals surface area contributed by atoms with Crippen LogP contribution in [-0.4, -0.2) is 46.8 Å². The van der Waals surface area contributed by atoms with Crippen molar-refractivity contribution in [2.75, 3.05) is 13.1 Å². The Morgan fingerprint density at radius 3 is 2.50 bits per heavy atom. The number of carbonyl (C=O) groups is 1. The van der Waals surface area contributed by atoms with E-state index in [-0.39, 0.29) is 37.0 Å². The Balaban J connectivity index is 0.00000306. The third-order valence-corrected chi connectivity index (χ3v) is 6.12. The van der Waals surface area contributed by atoms with Crippen molar-refractivity contribution in [3.8, 4) is 17.2 Å². The molecule has 2 aliphatic heterocycles. The molecule has 2 aromatic rings. The van der Waals surface area contributed by atoms with Gasteiger partial charge in [0.2, 0.25) is 0 Å². The maximum Gasteiger partial charge on any atom is 0.253 e. The summed E-state index contributed by atoms with van der Waals surface area (Å²) in [4.78, 5) is 14.9. The van der Waals surface area contributed by atoms with Gasteiger partial charge in [0.1, 0.15) is 11.4 Å². The van der Waals surface area contributed by atoms with Gasteiger partial charge in [-0.05, 0) is 52.0 Å². The van der Waals surface area contributed by atoms with Gasteiger partial charge < -0.3 is 24.2 Å². The van der Waals surface area contributed by atoms with Crippen LogP contribution in [0.2, 0.25) is 0 Å². The van der Waals surface area contributed by atoms with Crippen LogP contribution in [0.25, 0.3) is 0 Å². The van der Waals surface area contributed by atoms with Gasteiger partial charge in [0.05, 0.1) is 18.3 Å². The topological polar surface area (TPSA) is 68.2 Å². The van der Waals surface area contributed by atoms with Crippen LogP contribution in [0.5, 0.6) is 17.2 Å². The molecular weight excluding hydrogens is 406 g/mol. The summed E-state index contributed by atoms with van der Waals surface area (Å²) in [7, 11) is 0. The van der Waals surface area contributed by atoms with Crippen molar-refractivity contribution < 1.29 is 25.5 Å². The van der Waals surface area contributed by atoms with E-state index in [1.807, 2.05) is 36.9 Å². The minimum Gasteiger partial charge on any atom is -0.504 e. The summed E-state index contributed by atoms with van der Waals surface area (Å²) in [5.41, 5.74) is 1.23. The molecule has 32 heavy (non-hydrogen) atoms. The summed E-state index contributed by atoms with van der Waals surface area (Å²) in [5, 5.41) is 10.3. The molecule has 1 spiro atoms. The number of carbonyl (C=O) groups excluding carboxylic acids is 1. The first-order valence-corrected chi connectivity index (χ1v) is 11.5. The van der Waals surface area contributed by atoms with Crippen molar-refractivity contribution in [3.63, 3.8) is 0 Å². The highest BCUT2D eigenvalue weighted by molar-refractivity contribution is 5.95. The van der Waals surface area contributed by atoms with E-state index in [2.05, 4.69) is 19.9 Å². The molecule has 0 aromatic heterocycles. The van der Waals surface area contributed by atoms with Gasteiger partial charge in [-0.15, -0.1) is 0 Å². The number of hydrogen-bond acceptors (Lipinski definition) is 5. The number of rotatable bonds is 5. The predicted octanol–water partition coefficient (Wildman–Crippen LogP) is 5.35. The second-order valence-corrected chi connectivity index (χ2v) is 9.34. The predicted molar refractivity (Wildman–Crippen MR) is 125 cm³/mol. The van der Waals surface area contributed by atoms with Gasteiger partial charge in [-0.1, -0.05) is 18.2 Å². The molecule has 2 heterocycles.